The number of benzene rings is 1. The maximum absolute atomic E-state index is 13.2. The fourth-order valence-electron chi connectivity index (χ4n) is 7.80. The Kier molecular flexibility index (Phi) is 4.75. The van der Waals surface area contributed by atoms with Gasteiger partial charge in [0.25, 0.3) is 0 Å². The van der Waals surface area contributed by atoms with Gasteiger partial charge in [-0.3, -0.25) is 4.90 Å². The molecule has 2 saturated heterocycles. The van der Waals surface area contributed by atoms with Crippen LogP contribution in [0.15, 0.2) is 12.1 Å². The van der Waals surface area contributed by atoms with Crippen LogP contribution in [0.3, 0.4) is 0 Å². The van der Waals surface area contributed by atoms with Gasteiger partial charge in [-0.15, -0.1) is 0 Å². The molecule has 0 radical (unpaired) electrons. The van der Waals surface area contributed by atoms with Crippen molar-refractivity contribution in [1.29, 1.82) is 0 Å². The predicted molar refractivity (Wildman–Crippen MR) is 118 cm³/mol. The first-order chi connectivity index (χ1) is 17.0. The van der Waals surface area contributed by atoms with Crippen LogP contribution in [0.4, 0.5) is 13.2 Å². The number of likely N-dealkylation sites (tertiary alicyclic amines) is 1. The lowest BCUT2D eigenvalue weighted by Gasteiger charge is -2.65. The number of alkyl halides is 3. The number of aliphatic hydroxyl groups is 1. The van der Waals surface area contributed by atoms with E-state index < -0.39 is 44.3 Å². The number of hydrogen-bond donors (Lipinski definition) is 1. The van der Waals surface area contributed by atoms with E-state index in [1.54, 1.807) is 6.07 Å². The summed E-state index contributed by atoms with van der Waals surface area (Å²) in [6, 6.07) is 2.65. The Hall–Kier alpha value is -1.60. The average Bonchev–Trinajstić information content (AvgIpc) is 3.38. The minimum Gasteiger partial charge on any atom is -0.479 e. The summed E-state index contributed by atoms with van der Waals surface area (Å²) >= 11 is 0. The van der Waals surface area contributed by atoms with Gasteiger partial charge < -0.3 is 23.5 Å². The third kappa shape index (κ3) is 2.82. The first-order valence-corrected chi connectivity index (χ1v) is 14.0. The second kappa shape index (κ2) is 7.28. The number of rotatable bonds is 4. The Morgan fingerprint density at radius 3 is 2.56 bits per heavy atom. The molecule has 0 aromatic heterocycles. The third-order valence-corrected chi connectivity index (χ3v) is 10.5. The molecule has 36 heavy (non-hydrogen) atoms. The van der Waals surface area contributed by atoms with Gasteiger partial charge >= 0.3 is 15.6 Å². The third-order valence-electron chi connectivity index (χ3n) is 9.54. The van der Waals surface area contributed by atoms with Crippen molar-refractivity contribution in [2.75, 3.05) is 26.3 Å². The molecule has 3 aliphatic heterocycles. The summed E-state index contributed by atoms with van der Waals surface area (Å²) in [5.74, 6) is -1.15. The lowest BCUT2D eigenvalue weighted by molar-refractivity contribution is -0.297. The Labute approximate surface area is 206 Å². The normalized spacial score (nSPS) is 36.9. The van der Waals surface area contributed by atoms with Crippen molar-refractivity contribution in [3.63, 3.8) is 0 Å². The number of piperidine rings is 1. The van der Waals surface area contributed by atoms with Crippen LogP contribution >= 0.6 is 0 Å². The second-order valence-electron chi connectivity index (χ2n) is 11.1. The zero-order valence-electron chi connectivity index (χ0n) is 19.6. The molecule has 6 aliphatic rings. The standard InChI is InChI=1S/C24H28F3NO7S/c25-24(26,27)36(30,31)35-16-5-4-15-12-17-22(29)6-7-23(32-10-11-33-23)20-21(22,18(15)19(16)34-20)8-9-28(17)13-14-2-1-3-14/h4-5,14,17,20,29H,1-3,6-13H2. The number of ether oxygens (including phenoxy) is 3. The molecule has 7 rings (SSSR count). The molecule has 2 bridgehead atoms. The first kappa shape index (κ1) is 23.5. The highest BCUT2D eigenvalue weighted by atomic mass is 32.2. The van der Waals surface area contributed by atoms with E-state index in [-0.39, 0.29) is 11.8 Å². The first-order valence-electron chi connectivity index (χ1n) is 12.6. The van der Waals surface area contributed by atoms with E-state index >= 15 is 0 Å². The van der Waals surface area contributed by atoms with Crippen LogP contribution in [0.25, 0.3) is 0 Å². The lowest BCUT2D eigenvalue weighted by atomic mass is 9.48. The summed E-state index contributed by atoms with van der Waals surface area (Å²) in [4.78, 5) is 2.37. The topological polar surface area (TPSA) is 94.5 Å². The molecule has 8 nitrogen and oxygen atoms in total. The van der Waals surface area contributed by atoms with Crippen molar-refractivity contribution in [3.05, 3.63) is 23.3 Å². The van der Waals surface area contributed by atoms with Gasteiger partial charge in [-0.05, 0) is 56.2 Å². The quantitative estimate of drug-likeness (QED) is 0.468. The van der Waals surface area contributed by atoms with E-state index in [9.17, 15) is 26.7 Å². The molecule has 4 fully saturated rings. The molecule has 3 aliphatic carbocycles. The Bertz CT molecular complexity index is 1210. The zero-order valence-corrected chi connectivity index (χ0v) is 20.4. The molecular formula is C24H28F3NO7S. The van der Waals surface area contributed by atoms with E-state index in [2.05, 4.69) is 9.08 Å². The van der Waals surface area contributed by atoms with Gasteiger partial charge in [0.05, 0.1) is 24.2 Å². The zero-order chi connectivity index (χ0) is 25.1. The van der Waals surface area contributed by atoms with E-state index in [0.29, 0.717) is 56.9 Å². The minimum atomic E-state index is -5.91. The molecule has 12 heteroatoms. The summed E-state index contributed by atoms with van der Waals surface area (Å²) in [5, 5.41) is 12.5. The highest BCUT2D eigenvalue weighted by Gasteiger charge is 2.77. The summed E-state index contributed by atoms with van der Waals surface area (Å²) in [6.45, 7) is 2.26. The van der Waals surface area contributed by atoms with Crippen LogP contribution in [0.1, 0.15) is 49.7 Å². The molecule has 1 aromatic carbocycles. The fourth-order valence-corrected chi connectivity index (χ4v) is 8.26. The molecule has 1 aromatic rings. The maximum Gasteiger partial charge on any atom is 0.534 e. The highest BCUT2D eigenvalue weighted by Crippen LogP contribution is 2.68. The summed E-state index contributed by atoms with van der Waals surface area (Å²) < 4.78 is 86.4. The molecule has 1 N–H and O–H groups in total. The van der Waals surface area contributed by atoms with Gasteiger partial charge in [-0.2, -0.15) is 21.6 Å². The molecule has 2 saturated carbocycles. The molecule has 4 unspecified atom stereocenters. The predicted octanol–water partition coefficient (Wildman–Crippen LogP) is 2.61. The van der Waals surface area contributed by atoms with Crippen LogP contribution in [-0.4, -0.2) is 73.8 Å². The molecular weight excluding hydrogens is 503 g/mol. The smallest absolute Gasteiger partial charge is 0.479 e. The monoisotopic (exact) mass is 531 g/mol. The summed E-state index contributed by atoms with van der Waals surface area (Å²) in [6.07, 6.45) is 4.46. The van der Waals surface area contributed by atoms with E-state index in [1.807, 2.05) is 0 Å². The van der Waals surface area contributed by atoms with Gasteiger partial charge in [0.2, 0.25) is 5.79 Å². The van der Waals surface area contributed by atoms with Crippen molar-refractivity contribution >= 4 is 10.1 Å². The molecule has 4 atom stereocenters. The van der Waals surface area contributed by atoms with Crippen molar-refractivity contribution in [1.82, 2.24) is 4.90 Å². The van der Waals surface area contributed by atoms with Crippen LogP contribution in [0.2, 0.25) is 0 Å². The lowest BCUT2D eigenvalue weighted by Crippen LogP contribution is -2.79. The van der Waals surface area contributed by atoms with Gasteiger partial charge in [0.15, 0.2) is 17.6 Å². The SMILES string of the molecule is O=S(=O)(Oc1ccc2c3c1OC1C4(CCC5(O)C(C2)N(CC2CCC2)CCC315)OCCO4)C(F)(F)F. The fraction of sp³-hybridized carbons (Fsp3) is 0.750. The van der Waals surface area contributed by atoms with Crippen LogP contribution < -0.4 is 8.92 Å². The van der Waals surface area contributed by atoms with Crippen LogP contribution in [0.5, 0.6) is 11.5 Å². The van der Waals surface area contributed by atoms with Crippen LogP contribution in [-0.2, 0) is 31.4 Å². The maximum atomic E-state index is 13.2. The Balaban J connectivity index is 1.38. The van der Waals surface area contributed by atoms with E-state index in [1.165, 1.54) is 25.3 Å². The van der Waals surface area contributed by atoms with Gasteiger partial charge in [0, 0.05) is 24.6 Å². The molecule has 3 heterocycles. The minimum absolute atomic E-state index is 0.0602. The molecule has 0 amide bonds. The van der Waals surface area contributed by atoms with Crippen molar-refractivity contribution in [3.8, 4) is 11.5 Å². The van der Waals surface area contributed by atoms with Gasteiger partial charge in [-0.1, -0.05) is 12.5 Å². The van der Waals surface area contributed by atoms with E-state index in [0.717, 1.165) is 12.1 Å². The number of fused-ring (bicyclic) bond motifs is 1. The van der Waals surface area contributed by atoms with Crippen LogP contribution in [0, 0.1) is 5.92 Å². The van der Waals surface area contributed by atoms with Gasteiger partial charge in [0.1, 0.15) is 0 Å². The average molecular weight is 532 g/mol. The summed E-state index contributed by atoms with van der Waals surface area (Å²) in [7, 11) is -5.91. The number of nitrogens with zero attached hydrogens (tertiary/aromatic N) is 1. The van der Waals surface area contributed by atoms with Crippen molar-refractivity contribution < 1.29 is 45.1 Å². The largest absolute Gasteiger partial charge is 0.534 e. The van der Waals surface area contributed by atoms with Gasteiger partial charge in [-0.25, -0.2) is 0 Å². The van der Waals surface area contributed by atoms with Crippen molar-refractivity contribution in [2.24, 2.45) is 5.92 Å². The number of hydrogen-bond acceptors (Lipinski definition) is 8. The summed E-state index contributed by atoms with van der Waals surface area (Å²) in [5.41, 5.74) is -6.47. The Morgan fingerprint density at radius 2 is 1.89 bits per heavy atom. The number of halogens is 3. The highest BCUT2D eigenvalue weighted by molar-refractivity contribution is 7.88. The second-order valence-corrected chi connectivity index (χ2v) is 12.6. The molecule has 2 spiro atoms. The van der Waals surface area contributed by atoms with Crippen molar-refractivity contribution in [2.45, 2.75) is 79.4 Å². The Morgan fingerprint density at radius 1 is 1.14 bits per heavy atom. The van der Waals surface area contributed by atoms with E-state index in [4.69, 9.17) is 14.2 Å². The molecule has 198 valence electrons.